The Morgan fingerprint density at radius 1 is 1.10 bits per heavy atom. The number of nitrogens with zero attached hydrogens (tertiary/aromatic N) is 4. The van der Waals surface area contributed by atoms with E-state index in [1.165, 1.54) is 5.56 Å². The van der Waals surface area contributed by atoms with Crippen molar-refractivity contribution < 1.29 is 5.11 Å². The Labute approximate surface area is 171 Å². The van der Waals surface area contributed by atoms with Gasteiger partial charge in [0.1, 0.15) is 11.6 Å². The molecule has 0 spiro atoms. The quantitative estimate of drug-likeness (QED) is 0.626. The van der Waals surface area contributed by atoms with E-state index in [-0.39, 0.29) is 0 Å². The van der Waals surface area contributed by atoms with Crippen LogP contribution in [0.1, 0.15) is 35.2 Å². The maximum absolute atomic E-state index is 10.1. The van der Waals surface area contributed by atoms with Gasteiger partial charge >= 0.3 is 0 Å². The summed E-state index contributed by atoms with van der Waals surface area (Å²) in [4.78, 5) is 16.0. The zero-order chi connectivity index (χ0) is 20.5. The van der Waals surface area contributed by atoms with Crippen molar-refractivity contribution in [3.8, 4) is 5.75 Å². The van der Waals surface area contributed by atoms with Gasteiger partial charge in [0.2, 0.25) is 5.95 Å². The van der Waals surface area contributed by atoms with E-state index < -0.39 is 0 Å². The molecule has 1 aromatic carbocycles. The van der Waals surface area contributed by atoms with Gasteiger partial charge in [-0.3, -0.25) is 4.90 Å². The van der Waals surface area contributed by atoms with Gasteiger partial charge in [-0.15, -0.1) is 0 Å². The maximum atomic E-state index is 10.1. The van der Waals surface area contributed by atoms with Crippen LogP contribution in [0.5, 0.6) is 5.75 Å². The first kappa shape index (κ1) is 19.4. The van der Waals surface area contributed by atoms with Crippen LogP contribution < -0.4 is 11.1 Å². The van der Waals surface area contributed by atoms with Crippen LogP contribution in [0, 0.1) is 20.8 Å². The van der Waals surface area contributed by atoms with Gasteiger partial charge < -0.3 is 16.2 Å². The Hall–Kier alpha value is -2.93. The third kappa shape index (κ3) is 4.24. The third-order valence-corrected chi connectivity index (χ3v) is 5.57. The van der Waals surface area contributed by atoms with Crippen LogP contribution in [0.2, 0.25) is 0 Å². The summed E-state index contributed by atoms with van der Waals surface area (Å²) in [5.41, 5.74) is 10.9. The minimum absolute atomic E-state index is 0.292. The number of rotatable bonds is 4. The van der Waals surface area contributed by atoms with Gasteiger partial charge in [0, 0.05) is 36.9 Å². The molecule has 2 aromatic heterocycles. The highest BCUT2D eigenvalue weighted by molar-refractivity contribution is 5.89. The molecule has 7 nitrogen and oxygen atoms in total. The van der Waals surface area contributed by atoms with E-state index >= 15 is 0 Å². The lowest BCUT2D eigenvalue weighted by Gasteiger charge is -2.32. The summed E-state index contributed by atoms with van der Waals surface area (Å²) in [6, 6.07) is 8.05. The van der Waals surface area contributed by atoms with E-state index in [1.54, 1.807) is 6.07 Å². The minimum atomic E-state index is 0.292. The lowest BCUT2D eigenvalue weighted by molar-refractivity contribution is 0.209. The molecule has 4 N–H and O–H groups in total. The molecule has 0 atom stereocenters. The minimum Gasteiger partial charge on any atom is -0.508 e. The van der Waals surface area contributed by atoms with Crippen molar-refractivity contribution in [3.63, 3.8) is 0 Å². The van der Waals surface area contributed by atoms with Crippen molar-refractivity contribution in [1.82, 2.24) is 19.9 Å². The summed E-state index contributed by atoms with van der Waals surface area (Å²) in [5, 5.41) is 14.4. The monoisotopic (exact) mass is 392 g/mol. The number of aromatic hydroxyl groups is 1. The fourth-order valence-electron chi connectivity index (χ4n) is 4.07. The molecule has 0 radical (unpaired) electrons. The third-order valence-electron chi connectivity index (χ3n) is 5.57. The van der Waals surface area contributed by atoms with Gasteiger partial charge in [0.05, 0.1) is 5.39 Å². The summed E-state index contributed by atoms with van der Waals surface area (Å²) >= 11 is 0. The van der Waals surface area contributed by atoms with Gasteiger partial charge in [-0.25, -0.2) is 4.98 Å². The highest BCUT2D eigenvalue weighted by Gasteiger charge is 2.21. The van der Waals surface area contributed by atoms with Crippen molar-refractivity contribution in [1.29, 1.82) is 0 Å². The predicted octanol–water partition coefficient (Wildman–Crippen LogP) is 3.31. The van der Waals surface area contributed by atoms with Crippen molar-refractivity contribution >= 4 is 22.8 Å². The van der Waals surface area contributed by atoms with E-state index in [0.717, 1.165) is 54.7 Å². The van der Waals surface area contributed by atoms with Crippen molar-refractivity contribution in [2.24, 2.45) is 0 Å². The molecule has 0 bridgehead atoms. The van der Waals surface area contributed by atoms with Crippen molar-refractivity contribution in [3.05, 3.63) is 46.6 Å². The number of nitrogen functional groups attached to an aromatic ring is 1. The number of likely N-dealkylation sites (tertiary alicyclic amines) is 1. The van der Waals surface area contributed by atoms with Gasteiger partial charge in [-0.1, -0.05) is 17.7 Å². The molecule has 0 amide bonds. The molecule has 3 aromatic rings. The van der Waals surface area contributed by atoms with Gasteiger partial charge in [-0.2, -0.15) is 9.97 Å². The molecule has 1 fully saturated rings. The van der Waals surface area contributed by atoms with Crippen LogP contribution in [0.25, 0.3) is 11.0 Å². The molecule has 1 aliphatic heterocycles. The van der Waals surface area contributed by atoms with Crippen molar-refractivity contribution in [2.75, 3.05) is 24.1 Å². The number of benzene rings is 1. The number of nitrogens with one attached hydrogen (secondary N) is 1. The molecule has 4 rings (SSSR count). The summed E-state index contributed by atoms with van der Waals surface area (Å²) in [6.45, 7) is 8.68. The topological polar surface area (TPSA) is 100 Å². The van der Waals surface area contributed by atoms with Crippen LogP contribution in [0.4, 0.5) is 11.8 Å². The number of piperidine rings is 1. The number of aryl methyl sites for hydroxylation is 3. The average Bonchev–Trinajstić information content (AvgIpc) is 2.65. The second-order valence-electron chi connectivity index (χ2n) is 8.04. The number of aromatic nitrogens is 3. The second-order valence-corrected chi connectivity index (χ2v) is 8.04. The fourth-order valence-corrected chi connectivity index (χ4v) is 4.07. The van der Waals surface area contributed by atoms with Crippen LogP contribution in [-0.4, -0.2) is 44.1 Å². The molecule has 1 saturated heterocycles. The number of hydrogen-bond donors (Lipinski definition) is 3. The number of phenols is 1. The van der Waals surface area contributed by atoms with E-state index in [0.29, 0.717) is 29.2 Å². The summed E-state index contributed by atoms with van der Waals surface area (Å²) < 4.78 is 0. The van der Waals surface area contributed by atoms with Crippen molar-refractivity contribution in [2.45, 2.75) is 46.2 Å². The number of pyridine rings is 1. The van der Waals surface area contributed by atoms with E-state index in [9.17, 15) is 5.11 Å². The molecule has 0 unspecified atom stereocenters. The van der Waals surface area contributed by atoms with E-state index in [1.807, 2.05) is 32.9 Å². The van der Waals surface area contributed by atoms with Crippen LogP contribution in [0.3, 0.4) is 0 Å². The Morgan fingerprint density at radius 3 is 2.62 bits per heavy atom. The number of hydrogen-bond acceptors (Lipinski definition) is 7. The normalized spacial score (nSPS) is 15.7. The highest BCUT2D eigenvalue weighted by atomic mass is 16.3. The molecular formula is C22H28N6O. The second kappa shape index (κ2) is 7.83. The first-order valence-corrected chi connectivity index (χ1v) is 10.1. The Balaban J connectivity index is 1.41. The van der Waals surface area contributed by atoms with Crippen LogP contribution in [0.15, 0.2) is 24.3 Å². The fraction of sp³-hybridized carbons (Fsp3) is 0.409. The lowest BCUT2D eigenvalue weighted by Crippen LogP contribution is -2.39. The van der Waals surface area contributed by atoms with Gasteiger partial charge in [-0.05, 0) is 51.3 Å². The highest BCUT2D eigenvalue weighted by Crippen LogP contribution is 2.25. The van der Waals surface area contributed by atoms with Crippen LogP contribution in [-0.2, 0) is 6.54 Å². The smallest absolute Gasteiger partial charge is 0.226 e. The molecule has 29 heavy (non-hydrogen) atoms. The number of anilines is 2. The Morgan fingerprint density at radius 2 is 1.86 bits per heavy atom. The lowest BCUT2D eigenvalue weighted by atomic mass is 10.0. The molecular weight excluding hydrogens is 364 g/mol. The van der Waals surface area contributed by atoms with Gasteiger partial charge in [0.15, 0.2) is 5.65 Å². The SMILES string of the molecule is Cc1ccc(O)c(CN2CCC(Nc3nc(N)c4c(C)cc(C)nc4n3)CC2)c1. The zero-order valence-corrected chi connectivity index (χ0v) is 17.2. The summed E-state index contributed by atoms with van der Waals surface area (Å²) in [5.74, 6) is 1.38. The first-order chi connectivity index (χ1) is 13.9. The largest absolute Gasteiger partial charge is 0.508 e. The standard InChI is InChI=1S/C22H28N6O/c1-13-4-5-18(29)16(10-13)12-28-8-6-17(7-9-28)25-22-26-20(23)19-14(2)11-15(3)24-21(19)27-22/h4-5,10-11,17,29H,6-9,12H2,1-3H3,(H3,23,24,25,26,27). The van der Waals surface area contributed by atoms with Crippen LogP contribution >= 0.6 is 0 Å². The summed E-state index contributed by atoms with van der Waals surface area (Å²) in [6.07, 6.45) is 1.96. The maximum Gasteiger partial charge on any atom is 0.226 e. The Bertz CT molecular complexity index is 1040. The Kier molecular flexibility index (Phi) is 5.24. The average molecular weight is 393 g/mol. The zero-order valence-electron chi connectivity index (χ0n) is 17.2. The molecule has 1 aliphatic rings. The van der Waals surface area contributed by atoms with E-state index in [2.05, 4.69) is 31.2 Å². The molecule has 7 heteroatoms. The van der Waals surface area contributed by atoms with Gasteiger partial charge in [0.25, 0.3) is 0 Å². The number of nitrogens with two attached hydrogens (primary N) is 1. The molecule has 3 heterocycles. The molecule has 152 valence electrons. The number of fused-ring (bicyclic) bond motifs is 1. The first-order valence-electron chi connectivity index (χ1n) is 10.1. The molecule has 0 aliphatic carbocycles. The number of phenolic OH excluding ortho intramolecular Hbond substituents is 1. The summed E-state index contributed by atoms with van der Waals surface area (Å²) in [7, 11) is 0. The molecule has 0 saturated carbocycles. The van der Waals surface area contributed by atoms with E-state index in [4.69, 9.17) is 5.73 Å². The predicted molar refractivity (Wildman–Crippen MR) is 116 cm³/mol.